The smallest absolute Gasteiger partial charge is 0.324 e. The number of hydrogen-bond acceptors (Lipinski definition) is 6. The summed E-state index contributed by atoms with van der Waals surface area (Å²) < 4.78 is 0. The minimum absolute atomic E-state index is 0.441. The first-order valence-electron chi connectivity index (χ1n) is 18.0. The number of phenolic OH excluding ortho intramolecular Hbond substituents is 3. The molecule has 0 spiro atoms. The highest BCUT2D eigenvalue weighted by molar-refractivity contribution is 7.38. The number of benzene rings is 3. The van der Waals surface area contributed by atoms with Crippen molar-refractivity contribution in [1.29, 1.82) is 0 Å². The lowest BCUT2D eigenvalue weighted by atomic mass is 9.96. The molecule has 278 valence electrons. The zero-order chi connectivity index (χ0) is 37.8. The molecule has 3 aromatic rings. The molecule has 49 heavy (non-hydrogen) atoms. The monoisotopic (exact) mass is 700 g/mol. The molecule has 3 rings (SSSR count). The summed E-state index contributed by atoms with van der Waals surface area (Å²) in [7, 11) is -2.62. The Morgan fingerprint density at radius 1 is 0.367 bits per heavy atom. The van der Waals surface area contributed by atoms with E-state index in [1.54, 1.807) is 0 Å². The van der Waals surface area contributed by atoms with Gasteiger partial charge in [0.2, 0.25) is 0 Å². The molecule has 0 saturated heterocycles. The first-order valence-corrected chi connectivity index (χ1v) is 19.2. The van der Waals surface area contributed by atoms with Crippen molar-refractivity contribution in [1.82, 2.24) is 0 Å². The largest absolute Gasteiger partial charge is 0.508 e. The number of phenols is 3. The Kier molecular flexibility index (Phi) is 23.2. The Balaban J connectivity index is 0.000000667. The van der Waals surface area contributed by atoms with Crippen LogP contribution in [0.3, 0.4) is 0 Å². The zero-order valence-corrected chi connectivity index (χ0v) is 33.4. The van der Waals surface area contributed by atoms with Crippen molar-refractivity contribution in [3.8, 4) is 17.2 Å². The summed E-state index contributed by atoms with van der Waals surface area (Å²) in [5.74, 6) is 5.09. The summed E-state index contributed by atoms with van der Waals surface area (Å²) in [6.45, 7) is 26.4. The van der Waals surface area contributed by atoms with Gasteiger partial charge in [-0.15, -0.1) is 0 Å². The van der Waals surface area contributed by atoms with E-state index in [9.17, 15) is 15.3 Å². The van der Waals surface area contributed by atoms with Crippen LogP contribution >= 0.6 is 8.60 Å². The van der Waals surface area contributed by atoms with Gasteiger partial charge in [0.25, 0.3) is 0 Å². The van der Waals surface area contributed by atoms with Gasteiger partial charge in [-0.3, -0.25) is 0 Å². The Morgan fingerprint density at radius 3 is 0.714 bits per heavy atom. The molecule has 0 bridgehead atoms. The lowest BCUT2D eigenvalue weighted by molar-refractivity contribution is 0.368. The molecule has 0 radical (unpaired) electrons. The molecule has 0 atom stereocenters. The molecule has 6 N–H and O–H groups in total. The molecule has 0 heterocycles. The summed E-state index contributed by atoms with van der Waals surface area (Å²) in [5, 5.41) is 29.2. The van der Waals surface area contributed by atoms with Crippen molar-refractivity contribution in [2.45, 2.75) is 122 Å². The van der Waals surface area contributed by atoms with E-state index in [1.807, 2.05) is 36.4 Å². The highest BCUT2D eigenvalue weighted by atomic mass is 31.2. The van der Waals surface area contributed by atoms with E-state index in [-0.39, 0.29) is 0 Å². The van der Waals surface area contributed by atoms with Crippen molar-refractivity contribution < 1.29 is 30.0 Å². The van der Waals surface area contributed by atoms with E-state index in [1.165, 1.54) is 16.7 Å². The van der Waals surface area contributed by atoms with Crippen LogP contribution in [-0.2, 0) is 38.5 Å². The standard InChI is InChI=1S/3C14H22O.H3O3P/c3*1-10(2)7-12-5-6-14(15)13(9-12)8-11(3)4;1-4(2)3/h3*5-6,9-11,15H,7-8H2,1-4H3;1-3H. The maximum atomic E-state index is 9.72. The molecule has 3 aromatic carbocycles. The molecule has 0 unspecified atom stereocenters. The minimum Gasteiger partial charge on any atom is -0.508 e. The fourth-order valence-electron chi connectivity index (χ4n) is 5.52. The molecule has 0 fully saturated rings. The summed E-state index contributed by atoms with van der Waals surface area (Å²) >= 11 is 0. The molecule has 0 aromatic heterocycles. The number of hydrogen-bond donors (Lipinski definition) is 6. The van der Waals surface area contributed by atoms with Gasteiger partial charge in [-0.1, -0.05) is 119 Å². The molecule has 6 nitrogen and oxygen atoms in total. The Morgan fingerprint density at radius 2 is 0.551 bits per heavy atom. The van der Waals surface area contributed by atoms with E-state index in [0.717, 1.165) is 55.2 Å². The summed E-state index contributed by atoms with van der Waals surface area (Å²) in [6.07, 6.45) is 6.13. The van der Waals surface area contributed by atoms with Crippen LogP contribution in [0.25, 0.3) is 0 Å². The van der Waals surface area contributed by atoms with Crippen molar-refractivity contribution in [3.05, 3.63) is 88.0 Å². The van der Waals surface area contributed by atoms with Gasteiger partial charge in [0.15, 0.2) is 0 Å². The van der Waals surface area contributed by atoms with Gasteiger partial charge in [0, 0.05) is 0 Å². The van der Waals surface area contributed by atoms with Crippen LogP contribution in [-0.4, -0.2) is 30.0 Å². The SMILES string of the molecule is CC(C)Cc1ccc(O)c(CC(C)C)c1.CC(C)Cc1ccc(O)c(CC(C)C)c1.CC(C)Cc1ccc(O)c(CC(C)C)c1.OP(O)O. The third kappa shape index (κ3) is 23.4. The summed E-state index contributed by atoms with van der Waals surface area (Å²) in [5.41, 5.74) is 7.25. The number of rotatable bonds is 12. The quantitative estimate of drug-likeness (QED) is 0.105. The van der Waals surface area contributed by atoms with E-state index in [0.29, 0.717) is 52.8 Å². The third-order valence-electron chi connectivity index (χ3n) is 7.25. The summed E-state index contributed by atoms with van der Waals surface area (Å²) in [4.78, 5) is 21.7. The fraction of sp³-hybridized carbons (Fsp3) is 0.571. The molecule has 0 aliphatic carbocycles. The fourth-order valence-corrected chi connectivity index (χ4v) is 5.52. The normalized spacial score (nSPS) is 11.1. The topological polar surface area (TPSA) is 121 Å². The second-order valence-corrected chi connectivity index (χ2v) is 16.3. The molecular weight excluding hydrogens is 631 g/mol. The Bertz CT molecular complexity index is 1160. The van der Waals surface area contributed by atoms with Gasteiger partial charge < -0.3 is 30.0 Å². The average molecular weight is 701 g/mol. The molecule has 0 saturated carbocycles. The van der Waals surface area contributed by atoms with Gasteiger partial charge >= 0.3 is 8.60 Å². The van der Waals surface area contributed by atoms with Crippen LogP contribution in [0.5, 0.6) is 17.2 Å². The Hall–Kier alpha value is -2.63. The highest BCUT2D eigenvalue weighted by Crippen LogP contribution is 2.25. The van der Waals surface area contributed by atoms with E-state index in [2.05, 4.69) is 101 Å². The minimum atomic E-state index is -2.62. The first kappa shape index (κ1) is 46.4. The van der Waals surface area contributed by atoms with Gasteiger partial charge in [-0.25, -0.2) is 0 Å². The second-order valence-electron chi connectivity index (χ2n) is 15.7. The van der Waals surface area contributed by atoms with E-state index >= 15 is 0 Å². The van der Waals surface area contributed by atoms with Crippen LogP contribution in [0.2, 0.25) is 0 Å². The molecule has 7 heteroatoms. The average Bonchev–Trinajstić information content (AvgIpc) is 2.93. The molecule has 0 aliphatic rings. The lowest BCUT2D eigenvalue weighted by Gasteiger charge is -2.11. The van der Waals surface area contributed by atoms with Gasteiger partial charge in [0.1, 0.15) is 17.2 Å². The summed E-state index contributed by atoms with van der Waals surface area (Å²) in [6, 6.07) is 18.0. The second kappa shape index (κ2) is 24.5. The van der Waals surface area contributed by atoms with Crippen LogP contribution in [0.1, 0.15) is 116 Å². The van der Waals surface area contributed by atoms with Crippen molar-refractivity contribution >= 4 is 8.60 Å². The lowest BCUT2D eigenvalue weighted by Crippen LogP contribution is -1.98. The van der Waals surface area contributed by atoms with Crippen LogP contribution in [0.4, 0.5) is 0 Å². The number of aromatic hydroxyl groups is 3. The van der Waals surface area contributed by atoms with Crippen LogP contribution < -0.4 is 0 Å². The molecule has 0 aliphatic heterocycles. The van der Waals surface area contributed by atoms with E-state index in [4.69, 9.17) is 14.7 Å². The maximum absolute atomic E-state index is 9.72. The van der Waals surface area contributed by atoms with E-state index < -0.39 is 8.60 Å². The molecule has 0 amide bonds. The van der Waals surface area contributed by atoms with Crippen molar-refractivity contribution in [2.75, 3.05) is 0 Å². The molecular formula is C42H69O6P. The zero-order valence-electron chi connectivity index (χ0n) is 32.5. The highest BCUT2D eigenvalue weighted by Gasteiger charge is 2.08. The van der Waals surface area contributed by atoms with Crippen LogP contribution in [0, 0.1) is 35.5 Å². The van der Waals surface area contributed by atoms with Gasteiger partial charge in [-0.2, -0.15) is 0 Å². The van der Waals surface area contributed by atoms with Gasteiger partial charge in [-0.05, 0) is 126 Å². The first-order chi connectivity index (χ1) is 22.7. The van der Waals surface area contributed by atoms with Crippen molar-refractivity contribution in [3.63, 3.8) is 0 Å². The predicted molar refractivity (Wildman–Crippen MR) is 209 cm³/mol. The maximum Gasteiger partial charge on any atom is 0.324 e. The third-order valence-corrected chi connectivity index (χ3v) is 7.25. The Labute approximate surface area is 300 Å². The predicted octanol–water partition coefficient (Wildman–Crippen LogP) is 10.6. The van der Waals surface area contributed by atoms with Crippen LogP contribution in [0.15, 0.2) is 54.6 Å². The van der Waals surface area contributed by atoms with Crippen molar-refractivity contribution in [2.24, 2.45) is 35.5 Å². The van der Waals surface area contributed by atoms with Gasteiger partial charge in [0.05, 0.1) is 0 Å².